The molecule has 0 bridgehead atoms. The molecule has 0 saturated carbocycles. The summed E-state index contributed by atoms with van der Waals surface area (Å²) in [6, 6.07) is 6.22. The number of benzene rings is 1. The third kappa shape index (κ3) is 5.62. The lowest BCUT2D eigenvalue weighted by molar-refractivity contribution is -0.870. The Morgan fingerprint density at radius 2 is 2.00 bits per heavy atom. The van der Waals surface area contributed by atoms with Crippen molar-refractivity contribution in [2.75, 3.05) is 34.3 Å². The molecule has 0 heterocycles. The number of hydrogen-bond donors (Lipinski definition) is 0. The fraction of sp³-hybridized carbons (Fsp3) is 0.357. The molecular formula is C14H19N2O4+. The molecule has 0 unspecified atom stereocenters. The SMILES string of the molecule is C[N+](C)(C)CCOC(=O)/C=C/c1ccccc1[N+](=O)[O-]. The fourth-order valence-corrected chi connectivity index (χ4v) is 1.42. The Kier molecular flexibility index (Phi) is 5.40. The van der Waals surface area contributed by atoms with E-state index in [-0.39, 0.29) is 5.69 Å². The van der Waals surface area contributed by atoms with Crippen LogP contribution in [0.2, 0.25) is 0 Å². The maximum Gasteiger partial charge on any atom is 0.330 e. The van der Waals surface area contributed by atoms with Gasteiger partial charge in [-0.2, -0.15) is 0 Å². The minimum Gasteiger partial charge on any atom is -0.457 e. The van der Waals surface area contributed by atoms with Gasteiger partial charge in [-0.1, -0.05) is 12.1 Å². The van der Waals surface area contributed by atoms with E-state index in [0.717, 1.165) is 0 Å². The number of rotatable bonds is 6. The van der Waals surface area contributed by atoms with Gasteiger partial charge in [0.05, 0.1) is 31.6 Å². The molecule has 1 rings (SSSR count). The number of ether oxygens (including phenoxy) is 1. The van der Waals surface area contributed by atoms with Gasteiger partial charge in [-0.05, 0) is 12.1 Å². The van der Waals surface area contributed by atoms with Gasteiger partial charge in [-0.25, -0.2) is 4.79 Å². The van der Waals surface area contributed by atoms with Crippen molar-refractivity contribution in [3.63, 3.8) is 0 Å². The molecule has 0 amide bonds. The summed E-state index contributed by atoms with van der Waals surface area (Å²) >= 11 is 0. The lowest BCUT2D eigenvalue weighted by Crippen LogP contribution is -2.37. The normalized spacial score (nSPS) is 11.6. The molecule has 0 aromatic heterocycles. The van der Waals surface area contributed by atoms with Gasteiger partial charge in [-0.3, -0.25) is 10.1 Å². The molecule has 0 N–H and O–H groups in total. The van der Waals surface area contributed by atoms with Crippen LogP contribution < -0.4 is 0 Å². The third-order valence-corrected chi connectivity index (χ3v) is 2.54. The number of nitro groups is 1. The second-order valence-corrected chi connectivity index (χ2v) is 5.33. The van der Waals surface area contributed by atoms with Crippen molar-refractivity contribution < 1.29 is 18.9 Å². The van der Waals surface area contributed by atoms with E-state index in [4.69, 9.17) is 4.74 Å². The Morgan fingerprint density at radius 1 is 1.35 bits per heavy atom. The number of carbonyl (C=O) groups is 1. The van der Waals surface area contributed by atoms with Crippen LogP contribution in [-0.2, 0) is 9.53 Å². The Bertz CT molecular complexity index is 518. The van der Waals surface area contributed by atoms with E-state index in [1.165, 1.54) is 18.2 Å². The molecule has 0 aliphatic rings. The first-order valence-electron chi connectivity index (χ1n) is 6.18. The highest BCUT2D eigenvalue weighted by atomic mass is 16.6. The van der Waals surface area contributed by atoms with Gasteiger partial charge in [0.25, 0.3) is 5.69 Å². The van der Waals surface area contributed by atoms with Gasteiger partial charge in [-0.15, -0.1) is 0 Å². The summed E-state index contributed by atoms with van der Waals surface area (Å²) in [5.41, 5.74) is 0.337. The van der Waals surface area contributed by atoms with E-state index < -0.39 is 10.9 Å². The van der Waals surface area contributed by atoms with Gasteiger partial charge in [0.1, 0.15) is 13.2 Å². The lowest BCUT2D eigenvalue weighted by Gasteiger charge is -2.23. The summed E-state index contributed by atoms with van der Waals surface area (Å²) in [5.74, 6) is -0.503. The zero-order chi connectivity index (χ0) is 15.2. The Hall–Kier alpha value is -2.21. The van der Waals surface area contributed by atoms with Crippen LogP contribution >= 0.6 is 0 Å². The van der Waals surface area contributed by atoms with Crippen LogP contribution in [0.25, 0.3) is 6.08 Å². The molecule has 0 fully saturated rings. The highest BCUT2D eigenvalue weighted by molar-refractivity contribution is 5.87. The summed E-state index contributed by atoms with van der Waals surface area (Å²) < 4.78 is 5.72. The first-order chi connectivity index (χ1) is 9.29. The average Bonchev–Trinajstić information content (AvgIpc) is 2.35. The number of quaternary nitrogens is 1. The second-order valence-electron chi connectivity index (χ2n) is 5.33. The molecule has 0 aliphatic carbocycles. The van der Waals surface area contributed by atoms with Crippen molar-refractivity contribution in [1.29, 1.82) is 0 Å². The van der Waals surface area contributed by atoms with Crippen LogP contribution in [0.5, 0.6) is 0 Å². The smallest absolute Gasteiger partial charge is 0.330 e. The third-order valence-electron chi connectivity index (χ3n) is 2.54. The van der Waals surface area contributed by atoms with E-state index >= 15 is 0 Å². The summed E-state index contributed by atoms with van der Waals surface area (Å²) in [5, 5.41) is 10.8. The van der Waals surface area contributed by atoms with Crippen LogP contribution in [-0.4, -0.2) is 49.7 Å². The average molecular weight is 279 g/mol. The molecule has 1 aromatic rings. The minimum absolute atomic E-state index is 0.0390. The van der Waals surface area contributed by atoms with E-state index in [1.54, 1.807) is 18.2 Å². The number of hydrogen-bond acceptors (Lipinski definition) is 4. The summed E-state index contributed by atoms with van der Waals surface area (Å²) in [6.07, 6.45) is 2.60. The molecule has 1 aromatic carbocycles. The first-order valence-corrected chi connectivity index (χ1v) is 6.18. The Morgan fingerprint density at radius 3 is 2.60 bits per heavy atom. The second kappa shape index (κ2) is 6.81. The molecule has 0 saturated heterocycles. The number of esters is 1. The maximum atomic E-state index is 11.5. The Balaban J connectivity index is 2.60. The van der Waals surface area contributed by atoms with E-state index in [2.05, 4.69) is 0 Å². The van der Waals surface area contributed by atoms with Crippen molar-refractivity contribution in [3.05, 3.63) is 46.0 Å². The Labute approximate surface area is 118 Å². The van der Waals surface area contributed by atoms with Crippen LogP contribution in [0, 0.1) is 10.1 Å². The standard InChI is InChI=1S/C14H19N2O4/c1-16(2,3)10-11-20-14(17)9-8-12-6-4-5-7-13(12)15(18)19/h4-9H,10-11H2,1-3H3/q+1/b9-8+. The van der Waals surface area contributed by atoms with Crippen LogP contribution in [0.3, 0.4) is 0 Å². The number of carbonyl (C=O) groups excluding carboxylic acids is 1. The van der Waals surface area contributed by atoms with Gasteiger partial charge in [0, 0.05) is 12.1 Å². The topological polar surface area (TPSA) is 69.4 Å². The van der Waals surface area contributed by atoms with Crippen molar-refractivity contribution in [1.82, 2.24) is 0 Å². The summed E-state index contributed by atoms with van der Waals surface area (Å²) in [6.45, 7) is 1.01. The zero-order valence-electron chi connectivity index (χ0n) is 11.9. The number of likely N-dealkylation sites (N-methyl/N-ethyl adjacent to an activating group) is 1. The first kappa shape index (κ1) is 15.8. The molecule has 20 heavy (non-hydrogen) atoms. The molecular weight excluding hydrogens is 260 g/mol. The van der Waals surface area contributed by atoms with Crippen LogP contribution in [0.4, 0.5) is 5.69 Å². The predicted octanol–water partition coefficient (Wildman–Crippen LogP) is 1.86. The zero-order valence-corrected chi connectivity index (χ0v) is 11.9. The van der Waals surface area contributed by atoms with Crippen molar-refractivity contribution in [2.45, 2.75) is 0 Å². The molecule has 6 heteroatoms. The molecule has 0 radical (unpaired) electrons. The molecule has 108 valence electrons. The monoisotopic (exact) mass is 279 g/mol. The van der Waals surface area contributed by atoms with Gasteiger partial charge < -0.3 is 9.22 Å². The van der Waals surface area contributed by atoms with Crippen molar-refractivity contribution >= 4 is 17.7 Å². The number of nitro benzene ring substituents is 1. The highest BCUT2D eigenvalue weighted by Crippen LogP contribution is 2.18. The van der Waals surface area contributed by atoms with Gasteiger partial charge in [0.2, 0.25) is 0 Å². The number of nitrogens with zero attached hydrogens (tertiary/aromatic N) is 2. The largest absolute Gasteiger partial charge is 0.457 e. The van der Waals surface area contributed by atoms with E-state index in [1.807, 2.05) is 21.1 Å². The summed E-state index contributed by atoms with van der Waals surface area (Å²) in [4.78, 5) is 21.8. The molecule has 0 spiro atoms. The van der Waals surface area contributed by atoms with Gasteiger partial charge >= 0.3 is 5.97 Å². The predicted molar refractivity (Wildman–Crippen MR) is 76.0 cm³/mol. The minimum atomic E-state index is -0.503. The molecule has 0 atom stereocenters. The fourth-order valence-electron chi connectivity index (χ4n) is 1.42. The molecule has 0 aliphatic heterocycles. The molecule has 6 nitrogen and oxygen atoms in total. The highest BCUT2D eigenvalue weighted by Gasteiger charge is 2.11. The van der Waals surface area contributed by atoms with Crippen LogP contribution in [0.1, 0.15) is 5.56 Å². The number of para-hydroxylation sites is 1. The van der Waals surface area contributed by atoms with Gasteiger partial charge in [0.15, 0.2) is 0 Å². The van der Waals surface area contributed by atoms with Crippen molar-refractivity contribution in [3.8, 4) is 0 Å². The van der Waals surface area contributed by atoms with E-state index in [9.17, 15) is 14.9 Å². The quantitative estimate of drug-likeness (QED) is 0.262. The maximum absolute atomic E-state index is 11.5. The van der Waals surface area contributed by atoms with Crippen LogP contribution in [0.15, 0.2) is 30.3 Å². The summed E-state index contributed by atoms with van der Waals surface area (Å²) in [7, 11) is 5.99. The lowest BCUT2D eigenvalue weighted by atomic mass is 10.1. The van der Waals surface area contributed by atoms with E-state index in [0.29, 0.717) is 23.2 Å². The van der Waals surface area contributed by atoms with Crippen molar-refractivity contribution in [2.24, 2.45) is 0 Å².